The molecule has 1 aliphatic heterocycles. The number of benzene rings is 2. The smallest absolute Gasteiger partial charge is 0.317 e. The second-order valence-electron chi connectivity index (χ2n) is 16.4. The minimum atomic E-state index is -1.03. The number of anilines is 2. The molecule has 3 aliphatic carbocycles. The lowest BCUT2D eigenvalue weighted by Crippen LogP contribution is -2.62. The molecule has 3 aromatic carbocycles. The normalized spacial score (nSPS) is 23.2. The molecule has 0 radical (unpaired) electrons. The Balaban J connectivity index is 1.06. The molecule has 18 heteroatoms. The van der Waals surface area contributed by atoms with E-state index in [1.54, 1.807) is 14.7 Å². The molecule has 4 aliphatic rings. The molecule has 1 atom stereocenters. The van der Waals surface area contributed by atoms with Gasteiger partial charge in [0, 0.05) is 69.9 Å². The number of amides is 2. The largest absolute Gasteiger partial charge is 0.480 e. The molecule has 318 valence electrons. The highest BCUT2D eigenvalue weighted by molar-refractivity contribution is 5.87. The Morgan fingerprint density at radius 1 is 0.610 bits per heavy atom. The van der Waals surface area contributed by atoms with E-state index in [2.05, 4.69) is 16.0 Å². The summed E-state index contributed by atoms with van der Waals surface area (Å²) in [4.78, 5) is 93.8. The molecule has 0 unspecified atom stereocenters. The van der Waals surface area contributed by atoms with Crippen molar-refractivity contribution in [2.45, 2.75) is 62.1 Å². The zero-order chi connectivity index (χ0) is 42.3. The third kappa shape index (κ3) is 11.2. The first kappa shape index (κ1) is 43.2. The second kappa shape index (κ2) is 18.7. The van der Waals surface area contributed by atoms with Gasteiger partial charge in [0.15, 0.2) is 0 Å². The molecular weight excluding hydrogens is 764 g/mol. The minimum absolute atomic E-state index is 0.0108. The number of rotatable bonds is 16. The molecular formula is C41H54N8O10. The van der Waals surface area contributed by atoms with Crippen LogP contribution in [-0.4, -0.2) is 160 Å². The lowest BCUT2D eigenvalue weighted by atomic mass is 9.61. The zero-order valence-corrected chi connectivity index (χ0v) is 33.1. The van der Waals surface area contributed by atoms with E-state index in [0.717, 1.165) is 16.3 Å². The zero-order valence-electron chi connectivity index (χ0n) is 33.1. The fourth-order valence-corrected chi connectivity index (χ4v) is 8.80. The van der Waals surface area contributed by atoms with Gasteiger partial charge in [-0.1, -0.05) is 42.5 Å². The molecule has 4 fully saturated rings. The molecule has 3 saturated carbocycles. The predicted octanol–water partition coefficient (Wildman–Crippen LogP) is -0.207. The standard InChI is InChI=1S/C41H54N8O10/c42-39(59)30(22-27-5-6-28-3-1-2-4-29(28)21-27)43-35-36(38(58)37(35)57)45-41-10-7-40(8-11-41,9-12-41)44-31(50)23-46-13-15-47(24-32(51)52)17-19-49(26-34(55)56)20-18-48(16-14-46)25-33(53)54/h1-6,21,30,43,45H,7-20,22-26H2,(H2,42,59)(H,44,50)(H,51,52)(H,53,54)(H,55,56)/t30-,40?,41?/m0/s1. The Hall–Kier alpha value is -5.43. The average Bonchev–Trinajstić information content (AvgIpc) is 3.19. The van der Waals surface area contributed by atoms with Crippen molar-refractivity contribution in [1.82, 2.24) is 24.9 Å². The number of hydrogen-bond acceptors (Lipinski definition) is 13. The van der Waals surface area contributed by atoms with Gasteiger partial charge in [0.25, 0.3) is 10.9 Å². The monoisotopic (exact) mass is 818 g/mol. The number of aliphatic carboxylic acids is 3. The van der Waals surface area contributed by atoms with Crippen molar-refractivity contribution in [2.24, 2.45) is 5.73 Å². The van der Waals surface area contributed by atoms with E-state index in [1.807, 2.05) is 47.4 Å². The average molecular weight is 819 g/mol. The number of carboxylic acids is 3. The molecule has 18 nitrogen and oxygen atoms in total. The van der Waals surface area contributed by atoms with Crippen LogP contribution in [0.5, 0.6) is 0 Å². The van der Waals surface area contributed by atoms with Crippen molar-refractivity contribution < 1.29 is 39.3 Å². The van der Waals surface area contributed by atoms with Gasteiger partial charge in [-0.25, -0.2) is 0 Å². The molecule has 1 heterocycles. The summed E-state index contributed by atoms with van der Waals surface area (Å²) >= 11 is 0. The number of carboxylic acid groups (broad SMARTS) is 3. The number of carbonyl (C=O) groups excluding carboxylic acids is 2. The molecule has 2 amide bonds. The fraction of sp³-hybridized carbons (Fsp3) is 0.537. The van der Waals surface area contributed by atoms with Gasteiger partial charge >= 0.3 is 17.9 Å². The van der Waals surface area contributed by atoms with Crippen LogP contribution in [0.3, 0.4) is 0 Å². The lowest BCUT2D eigenvalue weighted by Gasteiger charge is -2.54. The van der Waals surface area contributed by atoms with Gasteiger partial charge in [0.05, 0.1) is 26.2 Å². The quantitative estimate of drug-likeness (QED) is 0.0924. The number of carbonyl (C=O) groups is 5. The number of primary amides is 1. The highest BCUT2D eigenvalue weighted by atomic mass is 16.4. The fourth-order valence-electron chi connectivity index (χ4n) is 8.80. The third-order valence-electron chi connectivity index (χ3n) is 12.2. The summed E-state index contributed by atoms with van der Waals surface area (Å²) in [6, 6.07) is 12.7. The van der Waals surface area contributed by atoms with E-state index in [1.165, 1.54) is 0 Å². The number of nitrogens with two attached hydrogens (primary N) is 1. The van der Waals surface area contributed by atoms with Crippen LogP contribution in [0.1, 0.15) is 44.1 Å². The maximum Gasteiger partial charge on any atom is 0.317 e. The molecule has 3 aromatic rings. The predicted molar refractivity (Wildman–Crippen MR) is 219 cm³/mol. The summed E-state index contributed by atoms with van der Waals surface area (Å²) in [5.74, 6) is -3.95. The Morgan fingerprint density at radius 2 is 1.05 bits per heavy atom. The van der Waals surface area contributed by atoms with E-state index in [9.17, 15) is 48.9 Å². The van der Waals surface area contributed by atoms with Crippen molar-refractivity contribution in [3.8, 4) is 0 Å². The highest BCUT2D eigenvalue weighted by Crippen LogP contribution is 2.48. The van der Waals surface area contributed by atoms with Crippen molar-refractivity contribution in [1.29, 1.82) is 0 Å². The maximum atomic E-state index is 13.7. The van der Waals surface area contributed by atoms with Crippen LogP contribution >= 0.6 is 0 Å². The topological polar surface area (TPSA) is 255 Å². The molecule has 7 rings (SSSR count). The summed E-state index contributed by atoms with van der Waals surface area (Å²) in [6.07, 6.45) is 3.97. The second-order valence-corrected chi connectivity index (χ2v) is 16.4. The first-order chi connectivity index (χ1) is 28.1. The van der Waals surface area contributed by atoms with Crippen molar-refractivity contribution in [2.75, 3.05) is 89.2 Å². The van der Waals surface area contributed by atoms with Gasteiger partial charge in [-0.3, -0.25) is 53.2 Å². The molecule has 1 saturated heterocycles. The van der Waals surface area contributed by atoms with Crippen LogP contribution in [0, 0.1) is 0 Å². The van der Waals surface area contributed by atoms with Crippen molar-refractivity contribution in [3.05, 3.63) is 68.5 Å². The van der Waals surface area contributed by atoms with Gasteiger partial charge in [0.2, 0.25) is 11.8 Å². The van der Waals surface area contributed by atoms with E-state index >= 15 is 0 Å². The summed E-state index contributed by atoms with van der Waals surface area (Å²) in [7, 11) is 0. The van der Waals surface area contributed by atoms with E-state index in [4.69, 9.17) is 5.73 Å². The first-order valence-corrected chi connectivity index (χ1v) is 20.1. The van der Waals surface area contributed by atoms with Gasteiger partial charge in [-0.15, -0.1) is 0 Å². The summed E-state index contributed by atoms with van der Waals surface area (Å²) in [5.41, 5.74) is 4.50. The number of hydrogen-bond donors (Lipinski definition) is 7. The number of nitrogens with zero attached hydrogens (tertiary/aromatic N) is 4. The van der Waals surface area contributed by atoms with Crippen LogP contribution in [0.15, 0.2) is 52.1 Å². The number of nitrogens with one attached hydrogen (secondary N) is 3. The highest BCUT2D eigenvalue weighted by Gasteiger charge is 2.50. The van der Waals surface area contributed by atoms with Crippen LogP contribution < -0.4 is 32.5 Å². The van der Waals surface area contributed by atoms with Gasteiger partial charge in [-0.2, -0.15) is 0 Å². The molecule has 59 heavy (non-hydrogen) atoms. The summed E-state index contributed by atoms with van der Waals surface area (Å²) in [6.45, 7) is 1.63. The SMILES string of the molecule is NC(=O)[C@H](Cc1ccc2ccccc2c1)Nc1c(NC23CCC(NC(=O)CN4CCN(CC(=O)O)CCN(CC(=O)O)CCN(CC(=O)O)CC4)(CC2)CC3)c(=O)c1=O. The van der Waals surface area contributed by atoms with Gasteiger partial charge < -0.3 is 37.0 Å². The van der Waals surface area contributed by atoms with Crippen molar-refractivity contribution >= 4 is 51.9 Å². The molecule has 0 aromatic heterocycles. The number of fused-ring (bicyclic) bond motifs is 4. The van der Waals surface area contributed by atoms with E-state index in [0.29, 0.717) is 64.7 Å². The first-order valence-electron chi connectivity index (χ1n) is 20.1. The summed E-state index contributed by atoms with van der Waals surface area (Å²) < 4.78 is 0. The molecule has 2 bridgehead atoms. The summed E-state index contributed by atoms with van der Waals surface area (Å²) in [5, 5.41) is 40.2. The van der Waals surface area contributed by atoms with Gasteiger partial charge in [-0.05, 0) is 54.9 Å². The lowest BCUT2D eigenvalue weighted by molar-refractivity contribution is -0.140. The molecule has 0 spiro atoms. The van der Waals surface area contributed by atoms with Crippen molar-refractivity contribution in [3.63, 3.8) is 0 Å². The van der Waals surface area contributed by atoms with E-state index in [-0.39, 0.29) is 76.1 Å². The third-order valence-corrected chi connectivity index (χ3v) is 12.2. The Morgan fingerprint density at radius 3 is 1.53 bits per heavy atom. The van der Waals surface area contributed by atoms with Gasteiger partial charge in [0.1, 0.15) is 17.4 Å². The Kier molecular flexibility index (Phi) is 13.6. The van der Waals surface area contributed by atoms with Crippen LogP contribution in [0.2, 0.25) is 0 Å². The maximum absolute atomic E-state index is 13.7. The van der Waals surface area contributed by atoms with Crippen LogP contribution in [0.4, 0.5) is 11.4 Å². The Bertz CT molecular complexity index is 2060. The van der Waals surface area contributed by atoms with E-state index < -0.39 is 51.8 Å². The van der Waals surface area contributed by atoms with Crippen LogP contribution in [-0.2, 0) is 30.4 Å². The van der Waals surface area contributed by atoms with Crippen LogP contribution in [0.25, 0.3) is 10.8 Å². The molecule has 8 N–H and O–H groups in total. The minimum Gasteiger partial charge on any atom is -0.480 e. The Labute approximate surface area is 341 Å².